The van der Waals surface area contributed by atoms with E-state index in [1.807, 2.05) is 18.3 Å². The van der Waals surface area contributed by atoms with Crippen molar-refractivity contribution in [2.45, 2.75) is 45.1 Å². The van der Waals surface area contributed by atoms with Gasteiger partial charge in [-0.3, -0.25) is 4.79 Å². The van der Waals surface area contributed by atoms with Crippen LogP contribution in [0.25, 0.3) is 10.9 Å². The molecule has 2 rings (SSSR count). The highest BCUT2D eigenvalue weighted by Gasteiger charge is 2.05. The molecule has 0 spiro atoms. The van der Waals surface area contributed by atoms with Gasteiger partial charge in [0.15, 0.2) is 0 Å². The third-order valence-electron chi connectivity index (χ3n) is 3.65. The third-order valence-corrected chi connectivity index (χ3v) is 3.65. The average molecular weight is 288 g/mol. The van der Waals surface area contributed by atoms with Crippen LogP contribution in [0.2, 0.25) is 0 Å². The fraction of sp³-hybridized carbons (Fsp3) is 0.471. The first-order valence-corrected chi connectivity index (χ1v) is 7.66. The lowest BCUT2D eigenvalue weighted by atomic mass is 10.1. The Balaban J connectivity index is 1.68. The number of hydrogen-bond donors (Lipinski definition) is 3. The number of aromatic nitrogens is 1. The summed E-state index contributed by atoms with van der Waals surface area (Å²) in [5, 5.41) is 13.3. The molecular weight excluding hydrogens is 264 g/mol. The van der Waals surface area contributed by atoms with Gasteiger partial charge in [-0.05, 0) is 44.2 Å². The summed E-state index contributed by atoms with van der Waals surface area (Å²) in [7, 11) is 0. The standard InChI is InChI=1S/C17H24N2O2/c1-13(20)6-5-11-18-17(21)10-4-7-14-12-19-16-9-3-2-8-15(14)16/h2-3,8-9,12-13,19-20H,4-7,10-11H2,1H3,(H,18,21). The van der Waals surface area contributed by atoms with E-state index in [0.29, 0.717) is 13.0 Å². The average Bonchev–Trinajstić information content (AvgIpc) is 2.87. The van der Waals surface area contributed by atoms with Gasteiger partial charge in [0.05, 0.1) is 6.10 Å². The Bertz CT molecular complexity index is 575. The molecule has 0 saturated heterocycles. The molecule has 0 aliphatic heterocycles. The Hall–Kier alpha value is -1.81. The van der Waals surface area contributed by atoms with Crippen molar-refractivity contribution in [3.05, 3.63) is 36.0 Å². The molecule has 0 aliphatic carbocycles. The Morgan fingerprint density at radius 1 is 1.33 bits per heavy atom. The number of nitrogens with one attached hydrogen (secondary N) is 2. The topological polar surface area (TPSA) is 65.1 Å². The van der Waals surface area contributed by atoms with Crippen LogP contribution >= 0.6 is 0 Å². The Kier molecular flexibility index (Phi) is 5.81. The second-order valence-electron chi connectivity index (χ2n) is 5.55. The van der Waals surface area contributed by atoms with Crippen molar-refractivity contribution in [3.63, 3.8) is 0 Å². The third kappa shape index (κ3) is 4.90. The number of aliphatic hydroxyl groups excluding tert-OH is 1. The van der Waals surface area contributed by atoms with Crippen LogP contribution in [-0.2, 0) is 11.2 Å². The van der Waals surface area contributed by atoms with Crippen LogP contribution in [0.1, 0.15) is 38.2 Å². The van der Waals surface area contributed by atoms with Gasteiger partial charge in [-0.25, -0.2) is 0 Å². The van der Waals surface area contributed by atoms with E-state index < -0.39 is 0 Å². The predicted molar refractivity (Wildman–Crippen MR) is 85.2 cm³/mol. The molecule has 0 aliphatic rings. The summed E-state index contributed by atoms with van der Waals surface area (Å²) in [5.41, 5.74) is 2.42. The molecule has 4 heteroatoms. The highest BCUT2D eigenvalue weighted by atomic mass is 16.3. The number of rotatable bonds is 8. The van der Waals surface area contributed by atoms with Crippen molar-refractivity contribution in [1.29, 1.82) is 0 Å². The van der Waals surface area contributed by atoms with Crippen molar-refractivity contribution < 1.29 is 9.90 Å². The Labute approximate surface area is 125 Å². The van der Waals surface area contributed by atoms with E-state index in [0.717, 1.165) is 31.2 Å². The van der Waals surface area contributed by atoms with Crippen molar-refractivity contribution in [2.24, 2.45) is 0 Å². The monoisotopic (exact) mass is 288 g/mol. The number of fused-ring (bicyclic) bond motifs is 1. The summed E-state index contributed by atoms with van der Waals surface area (Å²) < 4.78 is 0. The van der Waals surface area contributed by atoms with Gasteiger partial charge >= 0.3 is 0 Å². The fourth-order valence-corrected chi connectivity index (χ4v) is 2.49. The molecule has 4 nitrogen and oxygen atoms in total. The largest absolute Gasteiger partial charge is 0.393 e. The van der Waals surface area contributed by atoms with E-state index in [9.17, 15) is 4.79 Å². The maximum Gasteiger partial charge on any atom is 0.220 e. The number of H-pyrrole nitrogens is 1. The zero-order valence-electron chi connectivity index (χ0n) is 12.6. The molecule has 0 fully saturated rings. The highest BCUT2D eigenvalue weighted by Crippen LogP contribution is 2.19. The Morgan fingerprint density at radius 3 is 2.95 bits per heavy atom. The van der Waals surface area contributed by atoms with Gasteiger partial charge < -0.3 is 15.4 Å². The second kappa shape index (κ2) is 7.84. The van der Waals surface area contributed by atoms with Crippen LogP contribution in [-0.4, -0.2) is 28.6 Å². The second-order valence-corrected chi connectivity index (χ2v) is 5.55. The molecule has 1 amide bonds. The first kappa shape index (κ1) is 15.6. The zero-order chi connectivity index (χ0) is 15.1. The van der Waals surface area contributed by atoms with Crippen molar-refractivity contribution >= 4 is 16.8 Å². The van der Waals surface area contributed by atoms with Gasteiger partial charge in [-0.15, -0.1) is 0 Å². The van der Waals surface area contributed by atoms with E-state index in [1.165, 1.54) is 10.9 Å². The van der Waals surface area contributed by atoms with Crippen molar-refractivity contribution in [2.75, 3.05) is 6.54 Å². The Morgan fingerprint density at radius 2 is 2.14 bits per heavy atom. The maximum absolute atomic E-state index is 11.7. The summed E-state index contributed by atoms with van der Waals surface area (Å²) in [6.45, 7) is 2.42. The van der Waals surface area contributed by atoms with Gasteiger partial charge in [0.2, 0.25) is 5.91 Å². The van der Waals surface area contributed by atoms with Crippen LogP contribution in [0, 0.1) is 0 Å². The molecule has 2 aromatic rings. The van der Waals surface area contributed by atoms with E-state index in [-0.39, 0.29) is 12.0 Å². The first-order valence-electron chi connectivity index (χ1n) is 7.66. The van der Waals surface area contributed by atoms with E-state index in [4.69, 9.17) is 5.11 Å². The van der Waals surface area contributed by atoms with Gasteiger partial charge in [-0.1, -0.05) is 18.2 Å². The van der Waals surface area contributed by atoms with Crippen molar-refractivity contribution in [1.82, 2.24) is 10.3 Å². The maximum atomic E-state index is 11.7. The smallest absolute Gasteiger partial charge is 0.220 e. The molecule has 1 unspecified atom stereocenters. The molecule has 21 heavy (non-hydrogen) atoms. The molecule has 0 bridgehead atoms. The van der Waals surface area contributed by atoms with Crippen LogP contribution in [0.5, 0.6) is 0 Å². The number of benzene rings is 1. The minimum absolute atomic E-state index is 0.0976. The lowest BCUT2D eigenvalue weighted by Crippen LogP contribution is -2.24. The molecule has 1 aromatic carbocycles. The molecule has 1 atom stereocenters. The van der Waals surface area contributed by atoms with Gasteiger partial charge in [0, 0.05) is 30.1 Å². The molecule has 114 valence electrons. The summed E-state index contributed by atoms with van der Waals surface area (Å²) in [6, 6.07) is 8.23. The SMILES string of the molecule is CC(O)CCCNC(=O)CCCc1c[nH]c2ccccc12. The lowest BCUT2D eigenvalue weighted by Gasteiger charge is -2.06. The minimum Gasteiger partial charge on any atom is -0.393 e. The van der Waals surface area contributed by atoms with Gasteiger partial charge in [-0.2, -0.15) is 0 Å². The summed E-state index contributed by atoms with van der Waals surface area (Å²) >= 11 is 0. The summed E-state index contributed by atoms with van der Waals surface area (Å²) in [5.74, 6) is 0.0976. The lowest BCUT2D eigenvalue weighted by molar-refractivity contribution is -0.121. The number of hydrogen-bond acceptors (Lipinski definition) is 2. The molecule has 1 aromatic heterocycles. The van der Waals surface area contributed by atoms with Crippen LogP contribution in [0.3, 0.4) is 0 Å². The van der Waals surface area contributed by atoms with E-state index >= 15 is 0 Å². The van der Waals surface area contributed by atoms with Crippen molar-refractivity contribution in [3.8, 4) is 0 Å². The fourth-order valence-electron chi connectivity index (χ4n) is 2.49. The van der Waals surface area contributed by atoms with Gasteiger partial charge in [0.1, 0.15) is 0 Å². The summed E-state index contributed by atoms with van der Waals surface area (Å²) in [4.78, 5) is 15.0. The number of aromatic amines is 1. The number of aryl methyl sites for hydroxylation is 1. The van der Waals surface area contributed by atoms with E-state index in [1.54, 1.807) is 6.92 Å². The van der Waals surface area contributed by atoms with Crippen LogP contribution in [0.4, 0.5) is 0 Å². The number of para-hydroxylation sites is 1. The quantitative estimate of drug-likeness (QED) is 0.654. The number of amides is 1. The summed E-state index contributed by atoms with van der Waals surface area (Å²) in [6.07, 6.45) is 5.61. The molecule has 0 saturated carbocycles. The van der Waals surface area contributed by atoms with Gasteiger partial charge in [0.25, 0.3) is 0 Å². The number of carbonyl (C=O) groups is 1. The molecular formula is C17H24N2O2. The number of aliphatic hydroxyl groups is 1. The first-order chi connectivity index (χ1) is 10.2. The predicted octanol–water partition coefficient (Wildman–Crippen LogP) is 2.77. The van der Waals surface area contributed by atoms with E-state index in [2.05, 4.69) is 22.4 Å². The van der Waals surface area contributed by atoms with Crippen LogP contribution in [0.15, 0.2) is 30.5 Å². The molecule has 1 heterocycles. The minimum atomic E-state index is -0.288. The zero-order valence-corrected chi connectivity index (χ0v) is 12.6. The highest BCUT2D eigenvalue weighted by molar-refractivity contribution is 5.83. The number of carbonyl (C=O) groups excluding carboxylic acids is 1. The molecule has 0 radical (unpaired) electrons. The van der Waals surface area contributed by atoms with Crippen LogP contribution < -0.4 is 5.32 Å². The molecule has 3 N–H and O–H groups in total. The normalized spacial score (nSPS) is 12.5.